The molecule has 0 radical (unpaired) electrons. The summed E-state index contributed by atoms with van der Waals surface area (Å²) >= 11 is 0. The fourth-order valence-electron chi connectivity index (χ4n) is 2.52. The number of aliphatic hydroxyl groups is 1. The highest BCUT2D eigenvalue weighted by atomic mass is 16.4. The van der Waals surface area contributed by atoms with E-state index in [2.05, 4.69) is 10.3 Å². The third-order valence-corrected chi connectivity index (χ3v) is 3.66. The molecule has 2 rings (SSSR count). The fraction of sp³-hybridized carbons (Fsp3) is 0.571. The van der Waals surface area contributed by atoms with Crippen LogP contribution in [0, 0.1) is 6.92 Å². The maximum absolute atomic E-state index is 11.1. The molecule has 104 valence electrons. The van der Waals surface area contributed by atoms with Crippen LogP contribution in [-0.2, 0) is 0 Å². The molecule has 0 aliphatic heterocycles. The van der Waals surface area contributed by atoms with Crippen molar-refractivity contribution in [2.24, 2.45) is 0 Å². The highest BCUT2D eigenvalue weighted by Crippen LogP contribution is 2.28. The zero-order chi connectivity index (χ0) is 13.9. The number of anilines is 1. The van der Waals surface area contributed by atoms with Gasteiger partial charge in [-0.2, -0.15) is 0 Å². The predicted octanol–water partition coefficient (Wildman–Crippen LogP) is 2.20. The van der Waals surface area contributed by atoms with Crippen LogP contribution in [0.4, 0.5) is 5.69 Å². The summed E-state index contributed by atoms with van der Waals surface area (Å²) in [4.78, 5) is 15.1. The van der Waals surface area contributed by atoms with Crippen LogP contribution in [0.3, 0.4) is 0 Å². The highest BCUT2D eigenvalue weighted by molar-refractivity contribution is 5.93. The SMILES string of the molecule is Cc1cc(NCC2(O)CCCCC2)c(C(=O)O)cn1. The van der Waals surface area contributed by atoms with Gasteiger partial charge in [-0.3, -0.25) is 4.98 Å². The smallest absolute Gasteiger partial charge is 0.339 e. The van der Waals surface area contributed by atoms with Crippen molar-refractivity contribution in [3.8, 4) is 0 Å². The number of aromatic carboxylic acids is 1. The summed E-state index contributed by atoms with van der Waals surface area (Å²) in [6.45, 7) is 2.20. The number of nitrogens with one attached hydrogen (secondary N) is 1. The van der Waals surface area contributed by atoms with Crippen LogP contribution in [-0.4, -0.2) is 33.3 Å². The Bertz CT molecular complexity index is 468. The predicted molar refractivity (Wildman–Crippen MR) is 72.5 cm³/mol. The van der Waals surface area contributed by atoms with Crippen molar-refractivity contribution >= 4 is 11.7 Å². The van der Waals surface area contributed by atoms with Gasteiger partial charge in [-0.25, -0.2) is 4.79 Å². The molecule has 1 aliphatic carbocycles. The van der Waals surface area contributed by atoms with E-state index in [-0.39, 0.29) is 5.56 Å². The molecule has 3 N–H and O–H groups in total. The van der Waals surface area contributed by atoms with Crippen molar-refractivity contribution in [1.29, 1.82) is 0 Å². The fourth-order valence-corrected chi connectivity index (χ4v) is 2.52. The molecule has 0 aromatic carbocycles. The first-order valence-corrected chi connectivity index (χ1v) is 6.66. The van der Waals surface area contributed by atoms with Crippen molar-refractivity contribution < 1.29 is 15.0 Å². The molecular weight excluding hydrogens is 244 g/mol. The molecule has 0 saturated heterocycles. The minimum Gasteiger partial charge on any atom is -0.478 e. The Hall–Kier alpha value is -1.62. The van der Waals surface area contributed by atoms with Crippen molar-refractivity contribution in [1.82, 2.24) is 4.98 Å². The van der Waals surface area contributed by atoms with Gasteiger partial charge in [-0.05, 0) is 25.8 Å². The normalized spacial score (nSPS) is 18.0. The lowest BCUT2D eigenvalue weighted by molar-refractivity contribution is 0.0166. The zero-order valence-electron chi connectivity index (χ0n) is 11.1. The number of hydrogen-bond acceptors (Lipinski definition) is 4. The molecular formula is C14H20N2O3. The van der Waals surface area contributed by atoms with E-state index in [1.54, 1.807) is 6.07 Å². The number of aromatic nitrogens is 1. The molecule has 1 saturated carbocycles. The van der Waals surface area contributed by atoms with E-state index in [4.69, 9.17) is 5.11 Å². The lowest BCUT2D eigenvalue weighted by atomic mass is 9.85. The van der Waals surface area contributed by atoms with Gasteiger partial charge in [0.15, 0.2) is 0 Å². The van der Waals surface area contributed by atoms with Crippen LogP contribution in [0.5, 0.6) is 0 Å². The molecule has 1 fully saturated rings. The van der Waals surface area contributed by atoms with Gasteiger partial charge in [-0.15, -0.1) is 0 Å². The zero-order valence-corrected chi connectivity index (χ0v) is 11.1. The second-order valence-electron chi connectivity index (χ2n) is 5.31. The largest absolute Gasteiger partial charge is 0.478 e. The van der Waals surface area contributed by atoms with Crippen molar-refractivity contribution in [2.45, 2.75) is 44.6 Å². The van der Waals surface area contributed by atoms with Gasteiger partial charge in [0.2, 0.25) is 0 Å². The average molecular weight is 264 g/mol. The number of aryl methyl sites for hydroxylation is 1. The third-order valence-electron chi connectivity index (χ3n) is 3.66. The van der Waals surface area contributed by atoms with E-state index >= 15 is 0 Å². The van der Waals surface area contributed by atoms with Crippen molar-refractivity contribution in [3.05, 3.63) is 23.5 Å². The Balaban J connectivity index is 2.10. The summed E-state index contributed by atoms with van der Waals surface area (Å²) in [5, 5.41) is 22.6. The Morgan fingerprint density at radius 2 is 2.11 bits per heavy atom. The van der Waals surface area contributed by atoms with Gasteiger partial charge in [0.1, 0.15) is 5.56 Å². The third kappa shape index (κ3) is 3.44. The number of rotatable bonds is 4. The van der Waals surface area contributed by atoms with Crippen LogP contribution >= 0.6 is 0 Å². The van der Waals surface area contributed by atoms with Crippen LogP contribution in [0.15, 0.2) is 12.3 Å². The second kappa shape index (κ2) is 5.57. The van der Waals surface area contributed by atoms with Crippen LogP contribution in [0.2, 0.25) is 0 Å². The second-order valence-corrected chi connectivity index (χ2v) is 5.31. The van der Waals surface area contributed by atoms with E-state index in [0.717, 1.165) is 37.8 Å². The maximum Gasteiger partial charge on any atom is 0.339 e. The highest BCUT2D eigenvalue weighted by Gasteiger charge is 2.29. The molecule has 0 bridgehead atoms. The molecule has 0 atom stereocenters. The molecule has 5 heteroatoms. The van der Waals surface area contributed by atoms with E-state index in [9.17, 15) is 9.90 Å². The Morgan fingerprint density at radius 1 is 1.42 bits per heavy atom. The summed E-state index contributed by atoms with van der Waals surface area (Å²) in [6, 6.07) is 1.70. The summed E-state index contributed by atoms with van der Waals surface area (Å²) in [6.07, 6.45) is 6.11. The summed E-state index contributed by atoms with van der Waals surface area (Å²) in [5.41, 5.74) is 0.706. The van der Waals surface area contributed by atoms with E-state index in [1.807, 2.05) is 6.92 Å². The molecule has 1 aromatic rings. The van der Waals surface area contributed by atoms with E-state index in [1.165, 1.54) is 6.20 Å². The van der Waals surface area contributed by atoms with Crippen LogP contribution < -0.4 is 5.32 Å². The van der Waals surface area contributed by atoms with Gasteiger partial charge >= 0.3 is 5.97 Å². The molecule has 0 unspecified atom stereocenters. The van der Waals surface area contributed by atoms with Crippen molar-refractivity contribution in [2.75, 3.05) is 11.9 Å². The Morgan fingerprint density at radius 3 is 2.74 bits per heavy atom. The monoisotopic (exact) mass is 264 g/mol. The standard InChI is InChI=1S/C14H20N2O3/c1-10-7-12(11(8-15-10)13(17)18)16-9-14(19)5-3-2-4-6-14/h7-8,19H,2-6,9H2,1H3,(H,15,16)(H,17,18). The lowest BCUT2D eigenvalue weighted by Gasteiger charge is -2.32. The van der Waals surface area contributed by atoms with Crippen LogP contribution in [0.1, 0.15) is 48.2 Å². The number of carboxylic acid groups (broad SMARTS) is 1. The maximum atomic E-state index is 11.1. The van der Waals surface area contributed by atoms with Gasteiger partial charge in [0.05, 0.1) is 11.3 Å². The molecule has 1 aliphatic rings. The molecule has 1 aromatic heterocycles. The van der Waals surface area contributed by atoms with Gasteiger partial charge in [0, 0.05) is 18.4 Å². The van der Waals surface area contributed by atoms with E-state index in [0.29, 0.717) is 12.2 Å². The van der Waals surface area contributed by atoms with Gasteiger partial charge in [-0.1, -0.05) is 19.3 Å². The summed E-state index contributed by atoms with van der Waals surface area (Å²) in [7, 11) is 0. The van der Waals surface area contributed by atoms with Gasteiger partial charge in [0.25, 0.3) is 0 Å². The number of hydrogen-bond donors (Lipinski definition) is 3. The van der Waals surface area contributed by atoms with Gasteiger partial charge < -0.3 is 15.5 Å². The van der Waals surface area contributed by atoms with Crippen molar-refractivity contribution in [3.63, 3.8) is 0 Å². The molecule has 0 amide bonds. The first-order valence-electron chi connectivity index (χ1n) is 6.66. The number of pyridine rings is 1. The summed E-state index contributed by atoms with van der Waals surface area (Å²) in [5.74, 6) is -1.01. The Kier molecular flexibility index (Phi) is 4.04. The number of carboxylic acids is 1. The summed E-state index contributed by atoms with van der Waals surface area (Å²) < 4.78 is 0. The number of carbonyl (C=O) groups is 1. The first-order chi connectivity index (χ1) is 9.00. The molecule has 5 nitrogen and oxygen atoms in total. The van der Waals surface area contributed by atoms with E-state index < -0.39 is 11.6 Å². The van der Waals surface area contributed by atoms with Crippen LogP contribution in [0.25, 0.3) is 0 Å². The minimum atomic E-state index is -1.01. The minimum absolute atomic E-state index is 0.144. The Labute approximate surface area is 112 Å². The first kappa shape index (κ1) is 13.8. The molecule has 19 heavy (non-hydrogen) atoms. The topological polar surface area (TPSA) is 82.5 Å². The quantitative estimate of drug-likeness (QED) is 0.776. The lowest BCUT2D eigenvalue weighted by Crippen LogP contribution is -2.39. The number of nitrogens with zero attached hydrogens (tertiary/aromatic N) is 1. The average Bonchev–Trinajstić information content (AvgIpc) is 2.37. The molecule has 1 heterocycles. The molecule has 0 spiro atoms.